The highest BCUT2D eigenvalue weighted by Gasteiger charge is 2.28. The van der Waals surface area contributed by atoms with E-state index in [1.807, 2.05) is 24.0 Å². The third kappa shape index (κ3) is 5.48. The van der Waals surface area contributed by atoms with Crippen LogP contribution in [0.25, 0.3) is 0 Å². The number of benzene rings is 1. The molecule has 0 unspecified atom stereocenters. The van der Waals surface area contributed by atoms with E-state index < -0.39 is 10.0 Å². The molecular weight excluding hydrogens is 392 g/mol. The number of sulfonamides is 1. The van der Waals surface area contributed by atoms with Crippen molar-refractivity contribution >= 4 is 27.5 Å². The van der Waals surface area contributed by atoms with Crippen molar-refractivity contribution in [2.24, 2.45) is 0 Å². The van der Waals surface area contributed by atoms with Crippen molar-refractivity contribution < 1.29 is 18.0 Å². The molecule has 0 N–H and O–H groups in total. The summed E-state index contributed by atoms with van der Waals surface area (Å²) in [5.74, 6) is -0.0609. The summed E-state index contributed by atoms with van der Waals surface area (Å²) in [6.07, 6.45) is 3.27. The van der Waals surface area contributed by atoms with E-state index in [0.717, 1.165) is 37.8 Å². The number of amides is 2. The summed E-state index contributed by atoms with van der Waals surface area (Å²) in [5, 5.41) is 0. The largest absolute Gasteiger partial charge is 0.342 e. The Morgan fingerprint density at radius 1 is 0.931 bits per heavy atom. The fourth-order valence-corrected chi connectivity index (χ4v) is 4.77. The van der Waals surface area contributed by atoms with Crippen molar-refractivity contribution in [1.29, 1.82) is 0 Å². The van der Waals surface area contributed by atoms with Crippen molar-refractivity contribution in [3.63, 3.8) is 0 Å². The van der Waals surface area contributed by atoms with Crippen LogP contribution in [-0.4, -0.2) is 93.5 Å². The van der Waals surface area contributed by atoms with Gasteiger partial charge in [-0.05, 0) is 31.4 Å². The summed E-state index contributed by atoms with van der Waals surface area (Å²) in [6, 6.07) is 7.14. The first-order valence-corrected chi connectivity index (χ1v) is 11.9. The van der Waals surface area contributed by atoms with Crippen LogP contribution in [0.5, 0.6) is 0 Å². The van der Waals surface area contributed by atoms with Gasteiger partial charge in [-0.3, -0.25) is 18.8 Å². The minimum absolute atomic E-state index is 0.157. The van der Waals surface area contributed by atoms with Gasteiger partial charge in [0.05, 0.1) is 18.5 Å². The number of hydrogen-bond acceptors (Lipinski definition) is 5. The quantitative estimate of drug-likeness (QED) is 0.668. The highest BCUT2D eigenvalue weighted by atomic mass is 32.2. The SMILES string of the molecule is Cc1ccccc1N(CC(=O)N1CCN(CC(=O)N2CCCC2)CC1)S(C)(=O)=O. The molecule has 9 heteroatoms. The van der Waals surface area contributed by atoms with Gasteiger partial charge in [-0.1, -0.05) is 18.2 Å². The first kappa shape index (κ1) is 21.6. The lowest BCUT2D eigenvalue weighted by molar-refractivity contribution is -0.133. The fourth-order valence-electron chi connectivity index (χ4n) is 3.86. The van der Waals surface area contributed by atoms with Crippen LogP contribution in [0.1, 0.15) is 18.4 Å². The molecule has 1 aromatic rings. The van der Waals surface area contributed by atoms with E-state index in [1.165, 1.54) is 4.31 Å². The molecule has 0 saturated carbocycles. The maximum Gasteiger partial charge on any atom is 0.243 e. The molecule has 2 fully saturated rings. The van der Waals surface area contributed by atoms with E-state index in [-0.39, 0.29) is 18.4 Å². The van der Waals surface area contributed by atoms with E-state index in [0.29, 0.717) is 38.4 Å². The molecule has 0 spiro atoms. The number of carbonyl (C=O) groups is 2. The lowest BCUT2D eigenvalue weighted by Crippen LogP contribution is -2.53. The second-order valence-corrected chi connectivity index (χ2v) is 9.71. The van der Waals surface area contributed by atoms with Gasteiger partial charge in [0.2, 0.25) is 21.8 Å². The summed E-state index contributed by atoms with van der Waals surface area (Å²) in [7, 11) is -3.59. The molecule has 2 aliphatic heterocycles. The Labute approximate surface area is 173 Å². The average molecular weight is 423 g/mol. The van der Waals surface area contributed by atoms with Crippen LogP contribution in [0.2, 0.25) is 0 Å². The Morgan fingerprint density at radius 3 is 2.10 bits per heavy atom. The summed E-state index contributed by atoms with van der Waals surface area (Å²) in [6.45, 7) is 5.93. The minimum Gasteiger partial charge on any atom is -0.342 e. The van der Waals surface area contributed by atoms with E-state index in [2.05, 4.69) is 4.90 Å². The van der Waals surface area contributed by atoms with Gasteiger partial charge in [0.1, 0.15) is 6.54 Å². The summed E-state index contributed by atoms with van der Waals surface area (Å²) < 4.78 is 25.8. The Hall–Kier alpha value is -2.13. The number of nitrogens with zero attached hydrogens (tertiary/aromatic N) is 4. The van der Waals surface area contributed by atoms with Crippen molar-refractivity contribution in [2.45, 2.75) is 19.8 Å². The first-order chi connectivity index (χ1) is 13.8. The number of para-hydroxylation sites is 1. The molecule has 3 rings (SSSR count). The van der Waals surface area contributed by atoms with Crippen LogP contribution in [0.4, 0.5) is 5.69 Å². The van der Waals surface area contributed by atoms with Crippen LogP contribution in [-0.2, 0) is 19.6 Å². The Kier molecular flexibility index (Phi) is 6.79. The van der Waals surface area contributed by atoms with Crippen LogP contribution >= 0.6 is 0 Å². The second kappa shape index (κ2) is 9.13. The molecule has 0 aliphatic carbocycles. The molecule has 2 saturated heterocycles. The summed E-state index contributed by atoms with van der Waals surface area (Å²) in [5.41, 5.74) is 1.33. The van der Waals surface area contributed by atoms with Gasteiger partial charge >= 0.3 is 0 Å². The monoisotopic (exact) mass is 422 g/mol. The number of anilines is 1. The average Bonchev–Trinajstić information content (AvgIpc) is 3.21. The smallest absolute Gasteiger partial charge is 0.243 e. The third-order valence-electron chi connectivity index (χ3n) is 5.61. The maximum absolute atomic E-state index is 12.8. The molecule has 0 radical (unpaired) electrons. The Morgan fingerprint density at radius 2 is 1.52 bits per heavy atom. The number of carbonyl (C=O) groups excluding carboxylic acids is 2. The predicted molar refractivity (Wildman–Crippen MR) is 112 cm³/mol. The van der Waals surface area contributed by atoms with Crippen LogP contribution in [0.15, 0.2) is 24.3 Å². The molecule has 0 aromatic heterocycles. The highest BCUT2D eigenvalue weighted by molar-refractivity contribution is 7.92. The second-order valence-electron chi connectivity index (χ2n) is 7.80. The van der Waals surface area contributed by atoms with Gasteiger partial charge in [0, 0.05) is 39.3 Å². The molecule has 1 aromatic carbocycles. The molecule has 0 atom stereocenters. The highest BCUT2D eigenvalue weighted by Crippen LogP contribution is 2.22. The van der Waals surface area contributed by atoms with Crippen LogP contribution in [0, 0.1) is 6.92 Å². The van der Waals surface area contributed by atoms with Gasteiger partial charge in [-0.15, -0.1) is 0 Å². The predicted octanol–water partition coefficient (Wildman–Crippen LogP) is 0.528. The van der Waals surface area contributed by atoms with Crippen molar-refractivity contribution in [3.05, 3.63) is 29.8 Å². The van der Waals surface area contributed by atoms with Gasteiger partial charge in [-0.2, -0.15) is 0 Å². The third-order valence-corrected chi connectivity index (χ3v) is 6.73. The number of aryl methyl sites for hydroxylation is 1. The van der Waals surface area contributed by atoms with Gasteiger partial charge < -0.3 is 9.80 Å². The summed E-state index contributed by atoms with van der Waals surface area (Å²) >= 11 is 0. The molecule has 29 heavy (non-hydrogen) atoms. The normalized spacial score (nSPS) is 18.1. The van der Waals surface area contributed by atoms with E-state index in [4.69, 9.17) is 0 Å². The zero-order valence-corrected chi connectivity index (χ0v) is 18.0. The topological polar surface area (TPSA) is 81.2 Å². The van der Waals surface area contributed by atoms with Gasteiger partial charge in [0.15, 0.2) is 0 Å². The Bertz CT molecular complexity index is 844. The zero-order valence-electron chi connectivity index (χ0n) is 17.2. The summed E-state index contributed by atoms with van der Waals surface area (Å²) in [4.78, 5) is 30.8. The van der Waals surface area contributed by atoms with E-state index in [9.17, 15) is 18.0 Å². The molecule has 2 heterocycles. The van der Waals surface area contributed by atoms with Crippen molar-refractivity contribution in [2.75, 3.05) is 62.9 Å². The maximum atomic E-state index is 12.8. The number of rotatable bonds is 6. The zero-order chi connectivity index (χ0) is 21.0. The number of piperazine rings is 1. The van der Waals surface area contributed by atoms with E-state index in [1.54, 1.807) is 17.0 Å². The van der Waals surface area contributed by atoms with Crippen molar-refractivity contribution in [3.8, 4) is 0 Å². The van der Waals surface area contributed by atoms with Gasteiger partial charge in [0.25, 0.3) is 0 Å². The Balaban J connectivity index is 1.56. The van der Waals surface area contributed by atoms with Gasteiger partial charge in [-0.25, -0.2) is 8.42 Å². The first-order valence-electron chi connectivity index (χ1n) is 10.1. The van der Waals surface area contributed by atoms with Crippen LogP contribution < -0.4 is 4.31 Å². The lowest BCUT2D eigenvalue weighted by atomic mass is 10.2. The van der Waals surface area contributed by atoms with Crippen molar-refractivity contribution in [1.82, 2.24) is 14.7 Å². The van der Waals surface area contributed by atoms with E-state index >= 15 is 0 Å². The standard InChI is InChI=1S/C20H30N4O4S/c1-17-7-3-4-8-18(17)24(29(2,27)28)16-20(26)23-13-11-21(12-14-23)15-19(25)22-9-5-6-10-22/h3-4,7-8H,5-6,9-16H2,1-2H3. The fraction of sp³-hybridized carbons (Fsp3) is 0.600. The molecule has 2 amide bonds. The molecule has 160 valence electrons. The van der Waals surface area contributed by atoms with Crippen LogP contribution in [0.3, 0.4) is 0 Å². The molecule has 2 aliphatic rings. The molecule has 0 bridgehead atoms. The number of hydrogen-bond donors (Lipinski definition) is 0. The minimum atomic E-state index is -3.59. The number of likely N-dealkylation sites (tertiary alicyclic amines) is 1. The molecule has 8 nitrogen and oxygen atoms in total. The molecular formula is C20H30N4O4S. The lowest BCUT2D eigenvalue weighted by Gasteiger charge is -2.36.